The molecule has 3 atom stereocenters. The zero-order chi connectivity index (χ0) is 13.8. The van der Waals surface area contributed by atoms with Crippen molar-refractivity contribution in [2.45, 2.75) is 25.5 Å². The van der Waals surface area contributed by atoms with Gasteiger partial charge in [0.2, 0.25) is 0 Å². The second kappa shape index (κ2) is 6.26. The van der Waals surface area contributed by atoms with Gasteiger partial charge in [0.1, 0.15) is 11.5 Å². The van der Waals surface area contributed by atoms with Gasteiger partial charge in [0.15, 0.2) is 0 Å². The van der Waals surface area contributed by atoms with Crippen molar-refractivity contribution in [2.75, 3.05) is 27.9 Å². The molecule has 0 radical (unpaired) electrons. The second-order valence-corrected chi connectivity index (χ2v) is 4.98. The van der Waals surface area contributed by atoms with E-state index in [0.29, 0.717) is 5.92 Å². The maximum atomic E-state index is 5.88. The Bertz CT molecular complexity index is 422. The van der Waals surface area contributed by atoms with Gasteiger partial charge in [-0.25, -0.2) is 0 Å². The molecule has 19 heavy (non-hydrogen) atoms. The minimum Gasteiger partial charge on any atom is -0.497 e. The van der Waals surface area contributed by atoms with Crippen molar-refractivity contribution in [2.24, 2.45) is 5.92 Å². The summed E-state index contributed by atoms with van der Waals surface area (Å²) in [6.07, 6.45) is 1.30. The van der Waals surface area contributed by atoms with Crippen LogP contribution in [0.5, 0.6) is 11.5 Å². The summed E-state index contributed by atoms with van der Waals surface area (Å²) in [5.41, 5.74) is 1.12. The van der Waals surface area contributed by atoms with Gasteiger partial charge in [0, 0.05) is 18.2 Å². The van der Waals surface area contributed by atoms with Crippen LogP contribution in [0.4, 0.5) is 0 Å². The lowest BCUT2D eigenvalue weighted by molar-refractivity contribution is 0.0623. The maximum absolute atomic E-state index is 5.88. The Kier molecular flexibility index (Phi) is 4.66. The summed E-state index contributed by atoms with van der Waals surface area (Å²) >= 11 is 0. The molecule has 1 aromatic carbocycles. The molecule has 0 aromatic heterocycles. The summed E-state index contributed by atoms with van der Waals surface area (Å²) in [5.74, 6) is 2.18. The van der Waals surface area contributed by atoms with Crippen molar-refractivity contribution < 1.29 is 14.2 Å². The Morgan fingerprint density at radius 1 is 1.32 bits per heavy atom. The van der Waals surface area contributed by atoms with Gasteiger partial charge >= 0.3 is 0 Å². The van der Waals surface area contributed by atoms with Crippen LogP contribution in [0.25, 0.3) is 0 Å². The average molecular weight is 265 g/mol. The average Bonchev–Trinajstić information content (AvgIpc) is 2.86. The zero-order valence-corrected chi connectivity index (χ0v) is 12.1. The molecule has 3 unspecified atom stereocenters. The highest BCUT2D eigenvalue weighted by Gasteiger charge is 2.33. The summed E-state index contributed by atoms with van der Waals surface area (Å²) in [6, 6.07) is 6.06. The third kappa shape index (κ3) is 2.85. The summed E-state index contributed by atoms with van der Waals surface area (Å²) in [4.78, 5) is 0. The summed E-state index contributed by atoms with van der Waals surface area (Å²) in [7, 11) is 5.30. The molecule has 1 aromatic rings. The van der Waals surface area contributed by atoms with Crippen LogP contribution in [0.2, 0.25) is 0 Å². The quantitative estimate of drug-likeness (QED) is 0.887. The molecule has 0 bridgehead atoms. The molecule has 4 heteroatoms. The number of methoxy groups -OCH3 is 2. The summed E-state index contributed by atoms with van der Waals surface area (Å²) in [5, 5.41) is 3.36. The van der Waals surface area contributed by atoms with Crippen LogP contribution in [0.1, 0.15) is 24.9 Å². The van der Waals surface area contributed by atoms with Gasteiger partial charge in [-0.05, 0) is 31.5 Å². The molecule has 1 heterocycles. The zero-order valence-electron chi connectivity index (χ0n) is 12.1. The maximum Gasteiger partial charge on any atom is 0.127 e. The van der Waals surface area contributed by atoms with E-state index >= 15 is 0 Å². The predicted molar refractivity (Wildman–Crippen MR) is 74.9 cm³/mol. The molecule has 0 aliphatic carbocycles. The lowest BCUT2D eigenvalue weighted by Gasteiger charge is -2.27. The van der Waals surface area contributed by atoms with Crippen molar-refractivity contribution >= 4 is 0 Å². The predicted octanol–water partition coefficient (Wildman–Crippen LogP) is 2.39. The smallest absolute Gasteiger partial charge is 0.127 e. The molecule has 0 saturated carbocycles. The Balaban J connectivity index is 2.31. The van der Waals surface area contributed by atoms with Crippen molar-refractivity contribution in [3.05, 3.63) is 23.8 Å². The fourth-order valence-electron chi connectivity index (χ4n) is 2.72. The third-order valence-electron chi connectivity index (χ3n) is 3.86. The number of rotatable bonds is 5. The second-order valence-electron chi connectivity index (χ2n) is 4.98. The van der Waals surface area contributed by atoms with Crippen LogP contribution >= 0.6 is 0 Å². The van der Waals surface area contributed by atoms with E-state index in [0.717, 1.165) is 30.1 Å². The molecular formula is C15H23NO3. The molecule has 1 saturated heterocycles. The van der Waals surface area contributed by atoms with E-state index in [2.05, 4.69) is 12.2 Å². The van der Waals surface area contributed by atoms with E-state index in [1.807, 2.05) is 25.2 Å². The van der Waals surface area contributed by atoms with E-state index in [1.165, 1.54) is 0 Å². The van der Waals surface area contributed by atoms with Crippen molar-refractivity contribution in [3.8, 4) is 11.5 Å². The number of ether oxygens (including phenoxy) is 3. The molecule has 2 rings (SSSR count). The minimum atomic E-state index is 0.137. The van der Waals surface area contributed by atoms with Crippen LogP contribution in [-0.2, 0) is 4.74 Å². The molecule has 1 aliphatic rings. The van der Waals surface area contributed by atoms with Gasteiger partial charge < -0.3 is 19.5 Å². The molecule has 0 amide bonds. The van der Waals surface area contributed by atoms with Crippen molar-refractivity contribution in [3.63, 3.8) is 0 Å². The standard InChI is InChI=1S/C15H23NO3/c1-10-7-8-19-15(10)14(16-2)12-6-5-11(17-3)9-13(12)18-4/h5-6,9-10,14-16H,7-8H2,1-4H3. The topological polar surface area (TPSA) is 39.7 Å². The van der Waals surface area contributed by atoms with E-state index in [-0.39, 0.29) is 12.1 Å². The third-order valence-corrected chi connectivity index (χ3v) is 3.86. The minimum absolute atomic E-state index is 0.137. The molecule has 1 N–H and O–H groups in total. The molecule has 1 fully saturated rings. The lowest BCUT2D eigenvalue weighted by Crippen LogP contribution is -2.32. The van der Waals surface area contributed by atoms with E-state index < -0.39 is 0 Å². The van der Waals surface area contributed by atoms with Crippen molar-refractivity contribution in [1.82, 2.24) is 5.32 Å². The van der Waals surface area contributed by atoms with Crippen molar-refractivity contribution in [1.29, 1.82) is 0 Å². The first kappa shape index (κ1) is 14.2. The van der Waals surface area contributed by atoms with Gasteiger partial charge in [0.05, 0.1) is 26.4 Å². The van der Waals surface area contributed by atoms with E-state index in [4.69, 9.17) is 14.2 Å². The van der Waals surface area contributed by atoms with Crippen LogP contribution in [0, 0.1) is 5.92 Å². The van der Waals surface area contributed by atoms with Crippen LogP contribution < -0.4 is 14.8 Å². The first-order valence-corrected chi connectivity index (χ1v) is 6.72. The Labute approximate surface area is 115 Å². The summed E-state index contributed by atoms with van der Waals surface area (Å²) in [6.45, 7) is 3.07. The Hall–Kier alpha value is -1.26. The van der Waals surface area contributed by atoms with Gasteiger partial charge in [-0.3, -0.25) is 0 Å². The van der Waals surface area contributed by atoms with Crippen LogP contribution in [-0.4, -0.2) is 34.0 Å². The van der Waals surface area contributed by atoms with Crippen LogP contribution in [0.3, 0.4) is 0 Å². The Morgan fingerprint density at radius 3 is 2.63 bits per heavy atom. The molecular weight excluding hydrogens is 242 g/mol. The number of benzene rings is 1. The van der Waals surface area contributed by atoms with Crippen LogP contribution in [0.15, 0.2) is 18.2 Å². The molecule has 1 aliphatic heterocycles. The first-order valence-electron chi connectivity index (χ1n) is 6.72. The summed E-state index contributed by atoms with van der Waals surface area (Å²) < 4.78 is 16.6. The highest BCUT2D eigenvalue weighted by atomic mass is 16.5. The fraction of sp³-hybridized carbons (Fsp3) is 0.600. The van der Waals surface area contributed by atoms with Gasteiger partial charge in [-0.15, -0.1) is 0 Å². The van der Waals surface area contributed by atoms with Gasteiger partial charge in [-0.1, -0.05) is 6.92 Å². The SMILES string of the molecule is CNC(c1ccc(OC)cc1OC)C1OCCC1C. The highest BCUT2D eigenvalue weighted by molar-refractivity contribution is 5.43. The molecule has 4 nitrogen and oxygen atoms in total. The number of hydrogen-bond acceptors (Lipinski definition) is 4. The van der Waals surface area contributed by atoms with E-state index in [1.54, 1.807) is 14.2 Å². The van der Waals surface area contributed by atoms with Gasteiger partial charge in [0.25, 0.3) is 0 Å². The highest BCUT2D eigenvalue weighted by Crippen LogP contribution is 2.36. The van der Waals surface area contributed by atoms with E-state index in [9.17, 15) is 0 Å². The number of nitrogens with one attached hydrogen (secondary N) is 1. The normalized spacial score (nSPS) is 24.2. The molecule has 106 valence electrons. The number of likely N-dealkylation sites (N-methyl/N-ethyl adjacent to an activating group) is 1. The lowest BCUT2D eigenvalue weighted by atomic mass is 9.92. The Morgan fingerprint density at radius 2 is 2.11 bits per heavy atom. The largest absolute Gasteiger partial charge is 0.497 e. The number of hydrogen-bond donors (Lipinski definition) is 1. The monoisotopic (exact) mass is 265 g/mol. The molecule has 0 spiro atoms. The first-order chi connectivity index (χ1) is 9.21. The fourth-order valence-corrected chi connectivity index (χ4v) is 2.72. The van der Waals surface area contributed by atoms with Gasteiger partial charge in [-0.2, -0.15) is 0 Å².